The molecule has 1 aromatic heterocycles. The van der Waals surface area contributed by atoms with E-state index in [2.05, 4.69) is 9.72 Å². The van der Waals surface area contributed by atoms with Crippen molar-refractivity contribution in [3.8, 4) is 0 Å². The zero-order chi connectivity index (χ0) is 18.7. The Kier molecular flexibility index (Phi) is 4.98. The molecule has 0 radical (unpaired) electrons. The number of hydrogen-bond acceptors (Lipinski definition) is 5. The quantitative estimate of drug-likeness (QED) is 0.666. The second-order valence-corrected chi connectivity index (χ2v) is 6.10. The average molecular weight is 349 g/mol. The van der Waals surface area contributed by atoms with E-state index < -0.39 is 11.9 Å². The van der Waals surface area contributed by atoms with E-state index in [9.17, 15) is 9.59 Å². The highest BCUT2D eigenvalue weighted by atomic mass is 16.5. The van der Waals surface area contributed by atoms with Crippen LogP contribution in [-0.4, -0.2) is 24.0 Å². The minimum Gasteiger partial charge on any atom is -0.465 e. The molecule has 3 rings (SSSR count). The maximum absolute atomic E-state index is 12.6. The molecular weight excluding hydrogens is 330 g/mol. The third-order valence-electron chi connectivity index (χ3n) is 4.06. The molecule has 0 aliphatic heterocycles. The molecular formula is C21H19NO4. The Morgan fingerprint density at radius 2 is 1.69 bits per heavy atom. The lowest BCUT2D eigenvalue weighted by Gasteiger charge is -2.09. The van der Waals surface area contributed by atoms with Gasteiger partial charge in [-0.2, -0.15) is 0 Å². The van der Waals surface area contributed by atoms with Crippen molar-refractivity contribution in [1.82, 2.24) is 4.98 Å². The van der Waals surface area contributed by atoms with Crippen LogP contribution in [0, 0.1) is 13.8 Å². The molecule has 0 N–H and O–H groups in total. The SMILES string of the molecule is COC(=O)c1ccc(COC(=O)c2cc(C)nc3ccc(C)cc23)cc1. The van der Waals surface area contributed by atoms with Gasteiger partial charge in [0.1, 0.15) is 6.61 Å². The highest BCUT2D eigenvalue weighted by Gasteiger charge is 2.14. The molecule has 0 unspecified atom stereocenters. The fraction of sp³-hybridized carbons (Fsp3) is 0.190. The van der Waals surface area contributed by atoms with E-state index in [4.69, 9.17) is 4.74 Å². The number of aryl methyl sites for hydroxylation is 2. The molecule has 0 saturated carbocycles. The highest BCUT2D eigenvalue weighted by Crippen LogP contribution is 2.21. The van der Waals surface area contributed by atoms with Crippen LogP contribution in [0.4, 0.5) is 0 Å². The number of carbonyl (C=O) groups is 2. The third kappa shape index (κ3) is 3.72. The molecule has 26 heavy (non-hydrogen) atoms. The van der Waals surface area contributed by atoms with Gasteiger partial charge in [-0.05, 0) is 49.7 Å². The smallest absolute Gasteiger partial charge is 0.339 e. The van der Waals surface area contributed by atoms with Gasteiger partial charge in [0.2, 0.25) is 0 Å². The minimum atomic E-state index is -0.400. The van der Waals surface area contributed by atoms with Gasteiger partial charge in [-0.25, -0.2) is 9.59 Å². The van der Waals surface area contributed by atoms with E-state index in [1.807, 2.05) is 32.0 Å². The number of nitrogens with zero attached hydrogens (tertiary/aromatic N) is 1. The lowest BCUT2D eigenvalue weighted by atomic mass is 10.1. The minimum absolute atomic E-state index is 0.120. The molecule has 3 aromatic rings. The number of esters is 2. The van der Waals surface area contributed by atoms with Crippen molar-refractivity contribution in [3.05, 3.63) is 76.5 Å². The van der Waals surface area contributed by atoms with E-state index in [-0.39, 0.29) is 6.61 Å². The van der Waals surface area contributed by atoms with Crippen molar-refractivity contribution < 1.29 is 19.1 Å². The molecule has 0 atom stereocenters. The number of aromatic nitrogens is 1. The van der Waals surface area contributed by atoms with Gasteiger partial charge < -0.3 is 9.47 Å². The topological polar surface area (TPSA) is 65.5 Å². The molecule has 0 bridgehead atoms. The molecule has 0 fully saturated rings. The number of rotatable bonds is 4. The summed E-state index contributed by atoms with van der Waals surface area (Å²) < 4.78 is 10.1. The zero-order valence-corrected chi connectivity index (χ0v) is 14.9. The molecule has 0 aliphatic rings. The van der Waals surface area contributed by atoms with Crippen LogP contribution < -0.4 is 0 Å². The Morgan fingerprint density at radius 3 is 2.38 bits per heavy atom. The monoisotopic (exact) mass is 349 g/mol. The summed E-state index contributed by atoms with van der Waals surface area (Å²) in [5.41, 5.74) is 4.32. The molecule has 1 heterocycles. The fourth-order valence-corrected chi connectivity index (χ4v) is 2.72. The standard InChI is InChI=1S/C21H19NO4/c1-13-4-9-19-17(10-13)18(11-14(2)22-19)21(24)26-12-15-5-7-16(8-6-15)20(23)25-3/h4-11H,12H2,1-3H3. The maximum atomic E-state index is 12.6. The molecule has 0 saturated heterocycles. The molecule has 0 amide bonds. The Hall–Kier alpha value is -3.21. The van der Waals surface area contributed by atoms with Gasteiger partial charge in [-0.15, -0.1) is 0 Å². The van der Waals surface area contributed by atoms with Gasteiger partial charge in [0.05, 0.1) is 23.8 Å². The first-order valence-electron chi connectivity index (χ1n) is 8.20. The summed E-state index contributed by atoms with van der Waals surface area (Å²) in [5.74, 6) is -0.800. The van der Waals surface area contributed by atoms with Crippen molar-refractivity contribution in [1.29, 1.82) is 0 Å². The maximum Gasteiger partial charge on any atom is 0.339 e. The lowest BCUT2D eigenvalue weighted by molar-refractivity contribution is 0.0473. The van der Waals surface area contributed by atoms with Crippen LogP contribution in [-0.2, 0) is 16.1 Å². The number of ether oxygens (including phenoxy) is 2. The number of methoxy groups -OCH3 is 1. The van der Waals surface area contributed by atoms with Gasteiger partial charge in [0.15, 0.2) is 0 Å². The summed E-state index contributed by atoms with van der Waals surface area (Å²) in [5, 5.41) is 0.779. The third-order valence-corrected chi connectivity index (χ3v) is 4.06. The number of fused-ring (bicyclic) bond motifs is 1. The summed E-state index contributed by atoms with van der Waals surface area (Å²) in [6.07, 6.45) is 0. The molecule has 132 valence electrons. The highest BCUT2D eigenvalue weighted by molar-refractivity contribution is 6.03. The Bertz CT molecular complexity index is 977. The van der Waals surface area contributed by atoms with E-state index >= 15 is 0 Å². The van der Waals surface area contributed by atoms with Gasteiger partial charge in [0, 0.05) is 11.1 Å². The molecule has 2 aromatic carbocycles. The lowest BCUT2D eigenvalue weighted by Crippen LogP contribution is -2.08. The van der Waals surface area contributed by atoms with Gasteiger partial charge in [-0.3, -0.25) is 4.98 Å². The van der Waals surface area contributed by atoms with Gasteiger partial charge in [0.25, 0.3) is 0 Å². The summed E-state index contributed by atoms with van der Waals surface area (Å²) in [7, 11) is 1.33. The predicted molar refractivity (Wildman–Crippen MR) is 98.1 cm³/mol. The van der Waals surface area contributed by atoms with Crippen molar-refractivity contribution in [2.24, 2.45) is 0 Å². The second kappa shape index (κ2) is 7.35. The van der Waals surface area contributed by atoms with Crippen LogP contribution in [0.2, 0.25) is 0 Å². The van der Waals surface area contributed by atoms with Crippen molar-refractivity contribution in [2.75, 3.05) is 7.11 Å². The van der Waals surface area contributed by atoms with Crippen LogP contribution in [0.1, 0.15) is 37.5 Å². The number of pyridine rings is 1. The van der Waals surface area contributed by atoms with E-state index in [1.54, 1.807) is 30.3 Å². The average Bonchev–Trinajstić information content (AvgIpc) is 2.65. The summed E-state index contributed by atoms with van der Waals surface area (Å²) in [4.78, 5) is 28.5. The van der Waals surface area contributed by atoms with Crippen LogP contribution in [0.15, 0.2) is 48.5 Å². The van der Waals surface area contributed by atoms with Crippen molar-refractivity contribution >= 4 is 22.8 Å². The first-order valence-corrected chi connectivity index (χ1v) is 8.20. The first-order chi connectivity index (χ1) is 12.5. The molecule has 0 spiro atoms. The Morgan fingerprint density at radius 1 is 0.962 bits per heavy atom. The predicted octanol–water partition coefficient (Wildman–Crippen LogP) is 4.00. The van der Waals surface area contributed by atoms with Gasteiger partial charge >= 0.3 is 11.9 Å². The largest absolute Gasteiger partial charge is 0.465 e. The van der Waals surface area contributed by atoms with Crippen LogP contribution in [0.25, 0.3) is 10.9 Å². The second-order valence-electron chi connectivity index (χ2n) is 6.10. The fourth-order valence-electron chi connectivity index (χ4n) is 2.72. The molecule has 5 heteroatoms. The van der Waals surface area contributed by atoms with E-state index in [0.717, 1.165) is 27.7 Å². The number of carbonyl (C=O) groups excluding carboxylic acids is 2. The summed E-state index contributed by atoms with van der Waals surface area (Å²) >= 11 is 0. The zero-order valence-electron chi connectivity index (χ0n) is 14.9. The normalized spacial score (nSPS) is 10.6. The van der Waals surface area contributed by atoms with Gasteiger partial charge in [-0.1, -0.05) is 23.8 Å². The van der Waals surface area contributed by atoms with E-state index in [0.29, 0.717) is 11.1 Å². The van der Waals surface area contributed by atoms with Crippen molar-refractivity contribution in [2.45, 2.75) is 20.5 Å². The van der Waals surface area contributed by atoms with Crippen LogP contribution in [0.5, 0.6) is 0 Å². The molecule has 0 aliphatic carbocycles. The number of benzene rings is 2. The number of hydrogen-bond donors (Lipinski definition) is 0. The summed E-state index contributed by atoms with van der Waals surface area (Å²) in [6.45, 7) is 3.94. The van der Waals surface area contributed by atoms with Crippen LogP contribution >= 0.6 is 0 Å². The Balaban J connectivity index is 1.79. The van der Waals surface area contributed by atoms with Crippen LogP contribution in [0.3, 0.4) is 0 Å². The van der Waals surface area contributed by atoms with Crippen molar-refractivity contribution in [3.63, 3.8) is 0 Å². The first kappa shape index (κ1) is 17.6. The van der Waals surface area contributed by atoms with E-state index in [1.165, 1.54) is 7.11 Å². The summed E-state index contributed by atoms with van der Waals surface area (Å²) in [6, 6.07) is 14.3. The molecule has 5 nitrogen and oxygen atoms in total. The Labute approximate surface area is 151 Å².